The fourth-order valence-electron chi connectivity index (χ4n) is 4.26. The van der Waals surface area contributed by atoms with E-state index in [2.05, 4.69) is 4.98 Å². The summed E-state index contributed by atoms with van der Waals surface area (Å²) in [5.41, 5.74) is 3.88. The van der Waals surface area contributed by atoms with Crippen LogP contribution in [0, 0.1) is 13.8 Å². The molecule has 162 valence electrons. The molecular formula is C24H32N2O4. The van der Waals surface area contributed by atoms with Crippen molar-refractivity contribution in [3.8, 4) is 5.75 Å². The summed E-state index contributed by atoms with van der Waals surface area (Å²) in [5.74, 6) is 0.393. The number of methoxy groups -OCH3 is 1. The number of esters is 1. The first-order valence-corrected chi connectivity index (χ1v) is 10.8. The molecule has 0 aliphatic heterocycles. The predicted molar refractivity (Wildman–Crippen MR) is 116 cm³/mol. The van der Waals surface area contributed by atoms with Crippen molar-refractivity contribution in [1.82, 2.24) is 9.88 Å². The number of hydrogen-bond donors (Lipinski definition) is 1. The standard InChI is InChI=1S/C24H32N2O4/c1-5-30-24(28)22-16(2)21(17(3)25-22)15-26(19-9-7-6-8-10-19)23(27)18-11-13-20(29-4)14-12-18/h11-14,19,25H,5-10,15H2,1-4H3. The van der Waals surface area contributed by atoms with E-state index in [4.69, 9.17) is 9.47 Å². The molecule has 1 aromatic heterocycles. The highest BCUT2D eigenvalue weighted by Crippen LogP contribution is 2.29. The van der Waals surface area contributed by atoms with Gasteiger partial charge in [0.25, 0.3) is 5.91 Å². The van der Waals surface area contributed by atoms with Crippen molar-refractivity contribution >= 4 is 11.9 Å². The minimum Gasteiger partial charge on any atom is -0.497 e. The highest BCUT2D eigenvalue weighted by atomic mass is 16.5. The summed E-state index contributed by atoms with van der Waals surface area (Å²) in [5, 5.41) is 0. The first-order valence-electron chi connectivity index (χ1n) is 10.8. The van der Waals surface area contributed by atoms with E-state index in [0.29, 0.717) is 24.4 Å². The Labute approximate surface area is 178 Å². The molecule has 0 atom stereocenters. The van der Waals surface area contributed by atoms with E-state index in [1.165, 1.54) is 6.42 Å². The third-order valence-electron chi connectivity index (χ3n) is 6.01. The molecule has 1 aromatic carbocycles. The van der Waals surface area contributed by atoms with Crippen molar-refractivity contribution in [2.45, 2.75) is 65.5 Å². The molecule has 1 fully saturated rings. The summed E-state index contributed by atoms with van der Waals surface area (Å²) in [7, 11) is 1.61. The molecule has 2 aromatic rings. The van der Waals surface area contributed by atoms with Gasteiger partial charge in [-0.25, -0.2) is 4.79 Å². The third kappa shape index (κ3) is 4.69. The van der Waals surface area contributed by atoms with E-state index in [9.17, 15) is 9.59 Å². The van der Waals surface area contributed by atoms with Gasteiger partial charge in [0.1, 0.15) is 11.4 Å². The largest absolute Gasteiger partial charge is 0.497 e. The van der Waals surface area contributed by atoms with Crippen LogP contribution < -0.4 is 4.74 Å². The zero-order valence-electron chi connectivity index (χ0n) is 18.4. The second-order valence-corrected chi connectivity index (χ2v) is 7.90. The zero-order valence-corrected chi connectivity index (χ0v) is 18.4. The van der Waals surface area contributed by atoms with Gasteiger partial charge in [-0.2, -0.15) is 0 Å². The fourth-order valence-corrected chi connectivity index (χ4v) is 4.26. The van der Waals surface area contributed by atoms with Crippen LogP contribution in [-0.2, 0) is 11.3 Å². The van der Waals surface area contributed by atoms with Gasteiger partial charge in [-0.1, -0.05) is 19.3 Å². The van der Waals surface area contributed by atoms with E-state index >= 15 is 0 Å². The lowest BCUT2D eigenvalue weighted by Crippen LogP contribution is -2.41. The van der Waals surface area contributed by atoms with Crippen LogP contribution in [0.1, 0.15) is 76.7 Å². The summed E-state index contributed by atoms with van der Waals surface area (Å²) in [6.45, 7) is 6.46. The Kier molecular flexibility index (Phi) is 7.19. The molecule has 1 aliphatic rings. The molecule has 30 heavy (non-hydrogen) atoms. The average molecular weight is 413 g/mol. The van der Waals surface area contributed by atoms with Crippen molar-refractivity contribution < 1.29 is 19.1 Å². The van der Waals surface area contributed by atoms with Gasteiger partial charge in [0, 0.05) is 23.8 Å². The number of nitrogens with zero attached hydrogens (tertiary/aromatic N) is 1. The van der Waals surface area contributed by atoms with Crippen LogP contribution in [0.2, 0.25) is 0 Å². The molecule has 3 rings (SSSR count). The predicted octanol–water partition coefficient (Wildman–Crippen LogP) is 4.79. The number of aryl methyl sites for hydroxylation is 1. The van der Waals surface area contributed by atoms with E-state index in [0.717, 1.165) is 48.3 Å². The quantitative estimate of drug-likeness (QED) is 0.664. The van der Waals surface area contributed by atoms with E-state index in [-0.39, 0.29) is 17.9 Å². The van der Waals surface area contributed by atoms with Gasteiger partial charge in [0.15, 0.2) is 0 Å². The maximum absolute atomic E-state index is 13.5. The molecule has 0 saturated heterocycles. The Bertz CT molecular complexity index is 879. The molecule has 6 nitrogen and oxygen atoms in total. The number of aromatic amines is 1. The molecule has 1 saturated carbocycles. The molecule has 0 bridgehead atoms. The van der Waals surface area contributed by atoms with Gasteiger partial charge >= 0.3 is 5.97 Å². The number of hydrogen-bond acceptors (Lipinski definition) is 4. The van der Waals surface area contributed by atoms with Gasteiger partial charge < -0.3 is 19.4 Å². The number of carbonyl (C=O) groups excluding carboxylic acids is 2. The summed E-state index contributed by atoms with van der Waals surface area (Å²) < 4.78 is 10.4. The summed E-state index contributed by atoms with van der Waals surface area (Å²) >= 11 is 0. The lowest BCUT2D eigenvalue weighted by atomic mass is 9.93. The number of aromatic nitrogens is 1. The van der Waals surface area contributed by atoms with E-state index < -0.39 is 0 Å². The van der Waals surface area contributed by atoms with Crippen molar-refractivity contribution in [1.29, 1.82) is 0 Å². The Morgan fingerprint density at radius 2 is 1.77 bits per heavy atom. The number of nitrogens with one attached hydrogen (secondary N) is 1. The van der Waals surface area contributed by atoms with Crippen molar-refractivity contribution in [3.05, 3.63) is 52.3 Å². The molecule has 0 radical (unpaired) electrons. The van der Waals surface area contributed by atoms with Crippen LogP contribution in [-0.4, -0.2) is 41.5 Å². The maximum Gasteiger partial charge on any atom is 0.355 e. The van der Waals surface area contributed by atoms with Crippen molar-refractivity contribution in [2.24, 2.45) is 0 Å². The van der Waals surface area contributed by atoms with Gasteiger partial charge in [0.05, 0.1) is 13.7 Å². The molecule has 1 heterocycles. The van der Waals surface area contributed by atoms with Crippen LogP contribution in [0.3, 0.4) is 0 Å². The number of H-pyrrole nitrogens is 1. The first-order chi connectivity index (χ1) is 14.5. The fraction of sp³-hybridized carbons (Fsp3) is 0.500. The van der Waals surface area contributed by atoms with Gasteiger partial charge in [-0.3, -0.25) is 4.79 Å². The number of rotatable bonds is 7. The number of carbonyl (C=O) groups is 2. The molecular weight excluding hydrogens is 380 g/mol. The smallest absolute Gasteiger partial charge is 0.355 e. The Morgan fingerprint density at radius 1 is 1.10 bits per heavy atom. The second-order valence-electron chi connectivity index (χ2n) is 7.90. The lowest BCUT2D eigenvalue weighted by Gasteiger charge is -2.35. The first kappa shape index (κ1) is 21.9. The monoisotopic (exact) mass is 412 g/mol. The van der Waals surface area contributed by atoms with Gasteiger partial charge in [0.2, 0.25) is 0 Å². The Hall–Kier alpha value is -2.76. The number of ether oxygens (including phenoxy) is 2. The van der Waals surface area contributed by atoms with E-state index in [1.807, 2.05) is 43.0 Å². The maximum atomic E-state index is 13.5. The second kappa shape index (κ2) is 9.83. The molecule has 6 heteroatoms. The summed E-state index contributed by atoms with van der Waals surface area (Å²) in [6, 6.07) is 7.47. The molecule has 1 amide bonds. The van der Waals surface area contributed by atoms with Crippen LogP contribution in [0.5, 0.6) is 5.75 Å². The third-order valence-corrected chi connectivity index (χ3v) is 6.01. The van der Waals surface area contributed by atoms with Crippen LogP contribution in [0.4, 0.5) is 0 Å². The number of amides is 1. The van der Waals surface area contributed by atoms with Crippen LogP contribution in [0.25, 0.3) is 0 Å². The van der Waals surface area contributed by atoms with Gasteiger partial charge in [-0.05, 0) is 69.0 Å². The Morgan fingerprint density at radius 3 is 2.37 bits per heavy atom. The van der Waals surface area contributed by atoms with Crippen molar-refractivity contribution in [2.75, 3.05) is 13.7 Å². The van der Waals surface area contributed by atoms with Gasteiger partial charge in [-0.15, -0.1) is 0 Å². The molecule has 1 N–H and O–H groups in total. The summed E-state index contributed by atoms with van der Waals surface area (Å²) in [6.07, 6.45) is 5.51. The highest BCUT2D eigenvalue weighted by molar-refractivity contribution is 5.95. The van der Waals surface area contributed by atoms with E-state index in [1.54, 1.807) is 14.0 Å². The Balaban J connectivity index is 1.91. The topological polar surface area (TPSA) is 71.6 Å². The zero-order chi connectivity index (χ0) is 21.7. The van der Waals surface area contributed by atoms with Crippen LogP contribution >= 0.6 is 0 Å². The minimum atomic E-state index is -0.352. The normalized spacial score (nSPS) is 14.4. The average Bonchev–Trinajstić information content (AvgIpc) is 3.06. The molecule has 0 spiro atoms. The SMILES string of the molecule is CCOC(=O)c1[nH]c(C)c(CN(C(=O)c2ccc(OC)cc2)C2CCCCC2)c1C. The molecule has 1 aliphatic carbocycles. The molecule has 0 unspecified atom stereocenters. The number of benzene rings is 1. The van der Waals surface area contributed by atoms with Crippen LogP contribution in [0.15, 0.2) is 24.3 Å². The minimum absolute atomic E-state index is 0.0160. The lowest BCUT2D eigenvalue weighted by molar-refractivity contribution is 0.0519. The van der Waals surface area contributed by atoms with Crippen molar-refractivity contribution in [3.63, 3.8) is 0 Å². The summed E-state index contributed by atoms with van der Waals surface area (Å²) in [4.78, 5) is 30.9. The highest BCUT2D eigenvalue weighted by Gasteiger charge is 2.29.